The normalized spacial score (nSPS) is 12.2. The highest BCUT2D eigenvalue weighted by Gasteiger charge is 2.26. The molecule has 4 aromatic heterocycles. The van der Waals surface area contributed by atoms with Gasteiger partial charge in [-0.25, -0.2) is 4.98 Å². The van der Waals surface area contributed by atoms with Crippen LogP contribution in [0.1, 0.15) is 43.5 Å². The van der Waals surface area contributed by atoms with E-state index in [2.05, 4.69) is 25.3 Å². The van der Waals surface area contributed by atoms with Crippen LogP contribution in [0.4, 0.5) is 5.82 Å². The van der Waals surface area contributed by atoms with E-state index in [1.54, 1.807) is 10.7 Å². The number of pyridine rings is 1. The van der Waals surface area contributed by atoms with Crippen molar-refractivity contribution in [2.75, 3.05) is 5.73 Å². The number of anilines is 1. The number of nitrogens with two attached hydrogens (primary N) is 1. The number of aromatic nitrogens is 7. The topological polar surface area (TPSA) is 131 Å². The molecule has 4 heterocycles. The monoisotopic (exact) mass is 495 g/mol. The van der Waals surface area contributed by atoms with E-state index in [1.807, 2.05) is 80.4 Å². The van der Waals surface area contributed by atoms with Gasteiger partial charge in [-0.2, -0.15) is 9.61 Å². The third-order valence-corrected chi connectivity index (χ3v) is 6.40. The van der Waals surface area contributed by atoms with Gasteiger partial charge in [0.1, 0.15) is 12.1 Å². The van der Waals surface area contributed by atoms with Crippen LogP contribution in [0.25, 0.3) is 28.0 Å². The minimum atomic E-state index is -0.174. The predicted molar refractivity (Wildman–Crippen MR) is 142 cm³/mol. The molecule has 0 bridgehead atoms. The maximum absolute atomic E-state index is 12.9. The number of nitrogens with zero attached hydrogens (tertiary/aromatic N) is 7. The SMILES string of the molecule is CC(C)N(C(=O)c1nnc[nH]1)[C@H](C)CCc1cc(N)n2ncc(-c3ccc(-c4ccccc4)nc3)c2n1. The number of carbonyl (C=O) groups is 1. The van der Waals surface area contributed by atoms with Crippen molar-refractivity contribution in [3.63, 3.8) is 0 Å². The van der Waals surface area contributed by atoms with E-state index < -0.39 is 0 Å². The zero-order valence-corrected chi connectivity index (χ0v) is 21.0. The van der Waals surface area contributed by atoms with Crippen LogP contribution < -0.4 is 5.73 Å². The van der Waals surface area contributed by atoms with Crippen LogP contribution in [0, 0.1) is 0 Å². The largest absolute Gasteiger partial charge is 0.384 e. The summed E-state index contributed by atoms with van der Waals surface area (Å²) in [6.07, 6.45) is 6.36. The fourth-order valence-corrected chi connectivity index (χ4v) is 4.58. The van der Waals surface area contributed by atoms with Crippen molar-refractivity contribution in [2.24, 2.45) is 0 Å². The molecule has 37 heavy (non-hydrogen) atoms. The van der Waals surface area contributed by atoms with Crippen molar-refractivity contribution in [3.05, 3.63) is 78.8 Å². The van der Waals surface area contributed by atoms with Gasteiger partial charge >= 0.3 is 0 Å². The van der Waals surface area contributed by atoms with Crippen molar-refractivity contribution in [2.45, 2.75) is 45.7 Å². The Morgan fingerprint density at radius 2 is 1.89 bits per heavy atom. The molecule has 1 atom stereocenters. The Morgan fingerprint density at radius 1 is 1.08 bits per heavy atom. The molecule has 0 radical (unpaired) electrons. The summed E-state index contributed by atoms with van der Waals surface area (Å²) in [7, 11) is 0. The van der Waals surface area contributed by atoms with Crippen LogP contribution in [-0.2, 0) is 6.42 Å². The molecule has 10 heteroatoms. The molecule has 0 aliphatic carbocycles. The molecule has 5 rings (SSSR count). The summed E-state index contributed by atoms with van der Waals surface area (Å²) >= 11 is 0. The lowest BCUT2D eigenvalue weighted by atomic mass is 10.1. The second-order valence-electron chi connectivity index (χ2n) is 9.30. The second-order valence-corrected chi connectivity index (χ2v) is 9.30. The van der Waals surface area contributed by atoms with Crippen molar-refractivity contribution < 1.29 is 4.79 Å². The van der Waals surface area contributed by atoms with Crippen molar-refractivity contribution >= 4 is 17.4 Å². The highest BCUT2D eigenvalue weighted by molar-refractivity contribution is 5.90. The molecule has 3 N–H and O–H groups in total. The molecule has 0 aliphatic heterocycles. The standard InChI is InChI=1S/C27H29N9O/c1-17(2)35(27(37)25-30-16-31-34-25)18(3)9-11-21-13-24(28)36-26(33-21)22(15-32-36)20-10-12-23(29-14-20)19-7-5-4-6-8-19/h4-8,10,12-18H,9,11,28H2,1-3H3,(H,30,31,34)/t18-/m1/s1. The Morgan fingerprint density at radius 3 is 2.57 bits per heavy atom. The third-order valence-electron chi connectivity index (χ3n) is 6.40. The van der Waals surface area contributed by atoms with E-state index in [1.165, 1.54) is 6.33 Å². The molecule has 0 spiro atoms. The summed E-state index contributed by atoms with van der Waals surface area (Å²) in [5, 5.41) is 12.1. The maximum Gasteiger partial charge on any atom is 0.292 e. The van der Waals surface area contributed by atoms with E-state index in [0.29, 0.717) is 24.3 Å². The van der Waals surface area contributed by atoms with Gasteiger partial charge in [-0.05, 0) is 39.7 Å². The minimum absolute atomic E-state index is 0.000832. The number of nitrogen functional groups attached to an aromatic ring is 1. The number of amides is 1. The van der Waals surface area contributed by atoms with Gasteiger partial charge in [-0.1, -0.05) is 36.4 Å². The maximum atomic E-state index is 12.9. The molecule has 0 fully saturated rings. The number of fused-ring (bicyclic) bond motifs is 1. The van der Waals surface area contributed by atoms with Gasteiger partial charge in [0.2, 0.25) is 5.82 Å². The zero-order valence-electron chi connectivity index (χ0n) is 21.0. The summed E-state index contributed by atoms with van der Waals surface area (Å²) in [5.74, 6) is 0.568. The second kappa shape index (κ2) is 10.2. The van der Waals surface area contributed by atoms with E-state index in [9.17, 15) is 4.79 Å². The first-order valence-corrected chi connectivity index (χ1v) is 12.3. The Kier molecular flexibility index (Phi) is 6.63. The molecule has 0 unspecified atom stereocenters. The molecule has 1 aromatic carbocycles. The molecular formula is C27H29N9O. The first-order chi connectivity index (χ1) is 17.9. The van der Waals surface area contributed by atoms with Gasteiger partial charge in [-0.15, -0.1) is 10.2 Å². The van der Waals surface area contributed by atoms with Crippen LogP contribution in [0.2, 0.25) is 0 Å². The predicted octanol–water partition coefficient (Wildman–Crippen LogP) is 4.03. The van der Waals surface area contributed by atoms with Crippen LogP contribution >= 0.6 is 0 Å². The molecule has 5 aromatic rings. The van der Waals surface area contributed by atoms with Gasteiger partial charge in [0, 0.05) is 46.7 Å². The van der Waals surface area contributed by atoms with Crippen LogP contribution in [0.15, 0.2) is 67.3 Å². The first-order valence-electron chi connectivity index (χ1n) is 12.3. The van der Waals surface area contributed by atoms with E-state index in [0.717, 1.165) is 28.1 Å². The summed E-state index contributed by atoms with van der Waals surface area (Å²) in [5.41, 5.74) is 11.6. The van der Waals surface area contributed by atoms with Crippen LogP contribution in [-0.4, -0.2) is 57.7 Å². The van der Waals surface area contributed by atoms with Crippen LogP contribution in [0.3, 0.4) is 0 Å². The van der Waals surface area contributed by atoms with E-state index >= 15 is 0 Å². The number of nitrogens with one attached hydrogen (secondary N) is 1. The zero-order chi connectivity index (χ0) is 25.9. The highest BCUT2D eigenvalue weighted by atomic mass is 16.2. The molecule has 0 aliphatic rings. The average Bonchev–Trinajstić information content (AvgIpc) is 3.59. The minimum Gasteiger partial charge on any atom is -0.384 e. The molecule has 188 valence electrons. The van der Waals surface area contributed by atoms with E-state index in [-0.39, 0.29) is 23.8 Å². The lowest BCUT2D eigenvalue weighted by Crippen LogP contribution is -2.44. The van der Waals surface area contributed by atoms with Crippen LogP contribution in [0.5, 0.6) is 0 Å². The summed E-state index contributed by atoms with van der Waals surface area (Å²) < 4.78 is 1.64. The number of hydrogen-bond acceptors (Lipinski definition) is 7. The number of hydrogen-bond donors (Lipinski definition) is 2. The number of benzene rings is 1. The Hall–Kier alpha value is -4.60. The molecule has 1 amide bonds. The fraction of sp³-hybridized carbons (Fsp3) is 0.259. The van der Waals surface area contributed by atoms with Gasteiger partial charge in [0.25, 0.3) is 5.91 Å². The quantitative estimate of drug-likeness (QED) is 0.332. The summed E-state index contributed by atoms with van der Waals surface area (Å²) in [4.78, 5) is 27.1. The van der Waals surface area contributed by atoms with Crippen molar-refractivity contribution in [1.82, 2.24) is 39.7 Å². The van der Waals surface area contributed by atoms with Gasteiger partial charge in [0.15, 0.2) is 5.65 Å². The number of H-pyrrole nitrogens is 1. The van der Waals surface area contributed by atoms with Crippen molar-refractivity contribution in [3.8, 4) is 22.4 Å². The number of aromatic amines is 1. The molecule has 10 nitrogen and oxygen atoms in total. The van der Waals surface area contributed by atoms with E-state index in [4.69, 9.17) is 10.7 Å². The lowest BCUT2D eigenvalue weighted by Gasteiger charge is -2.32. The number of carbonyl (C=O) groups excluding carboxylic acids is 1. The smallest absolute Gasteiger partial charge is 0.292 e. The first kappa shape index (κ1) is 24.1. The molecule has 0 saturated carbocycles. The number of rotatable bonds is 8. The summed E-state index contributed by atoms with van der Waals surface area (Å²) in [6.45, 7) is 6.01. The Balaban J connectivity index is 1.37. The van der Waals surface area contributed by atoms with Crippen molar-refractivity contribution in [1.29, 1.82) is 0 Å². The highest BCUT2D eigenvalue weighted by Crippen LogP contribution is 2.27. The average molecular weight is 496 g/mol. The van der Waals surface area contributed by atoms with Gasteiger partial charge in [0.05, 0.1) is 11.9 Å². The van der Waals surface area contributed by atoms with Gasteiger partial charge < -0.3 is 15.6 Å². The Bertz CT molecular complexity index is 1490. The molecule has 0 saturated heterocycles. The summed E-state index contributed by atoms with van der Waals surface area (Å²) in [6, 6.07) is 15.9. The lowest BCUT2D eigenvalue weighted by molar-refractivity contribution is 0.0604. The molecular weight excluding hydrogens is 466 g/mol. The number of aryl methyl sites for hydroxylation is 1. The Labute approximate surface area is 214 Å². The van der Waals surface area contributed by atoms with Gasteiger partial charge in [-0.3, -0.25) is 9.78 Å². The third kappa shape index (κ3) is 4.90. The fourth-order valence-electron chi connectivity index (χ4n) is 4.58.